The average Bonchev–Trinajstić information content (AvgIpc) is 2.03. The van der Waals surface area contributed by atoms with Gasteiger partial charge in [0, 0.05) is 5.75 Å². The van der Waals surface area contributed by atoms with Crippen molar-refractivity contribution in [3.8, 4) is 0 Å². The summed E-state index contributed by atoms with van der Waals surface area (Å²) >= 11 is 0.651. The van der Waals surface area contributed by atoms with E-state index in [-0.39, 0.29) is 0 Å². The Morgan fingerprint density at radius 1 is 1.18 bits per heavy atom. The molecular formula is C8H8F2S. The molecule has 0 amide bonds. The summed E-state index contributed by atoms with van der Waals surface area (Å²) in [6.45, 7) is 0. The molecule has 3 heteroatoms. The van der Waals surface area contributed by atoms with Gasteiger partial charge in [-0.2, -0.15) is 8.78 Å². The highest BCUT2D eigenvalue weighted by Gasteiger charge is 2.01. The molecule has 0 atom stereocenters. The molecule has 0 aliphatic carbocycles. The molecule has 0 N–H and O–H groups in total. The minimum atomic E-state index is -2.27. The smallest absolute Gasteiger partial charge is 0.198 e. The third kappa shape index (κ3) is 3.37. The second-order valence-corrected chi connectivity index (χ2v) is 3.04. The van der Waals surface area contributed by atoms with Crippen LogP contribution in [0.3, 0.4) is 0 Å². The first-order chi connectivity index (χ1) is 5.29. The average molecular weight is 174 g/mol. The summed E-state index contributed by atoms with van der Waals surface area (Å²) in [7, 11) is 0. The fourth-order valence-electron chi connectivity index (χ4n) is 0.733. The van der Waals surface area contributed by atoms with Crippen molar-refractivity contribution in [3.05, 3.63) is 35.9 Å². The van der Waals surface area contributed by atoms with Crippen LogP contribution in [0.1, 0.15) is 5.56 Å². The van der Waals surface area contributed by atoms with E-state index in [1.807, 2.05) is 30.3 Å². The van der Waals surface area contributed by atoms with Gasteiger partial charge < -0.3 is 0 Å². The highest BCUT2D eigenvalue weighted by Crippen LogP contribution is 2.18. The van der Waals surface area contributed by atoms with Gasteiger partial charge in [-0.05, 0) is 5.56 Å². The molecule has 0 radical (unpaired) electrons. The summed E-state index contributed by atoms with van der Waals surface area (Å²) < 4.78 is 23.4. The van der Waals surface area contributed by atoms with Crippen molar-refractivity contribution in [1.82, 2.24) is 0 Å². The van der Waals surface area contributed by atoms with Crippen molar-refractivity contribution >= 4 is 11.8 Å². The number of benzene rings is 1. The van der Waals surface area contributed by atoms with E-state index in [0.29, 0.717) is 17.5 Å². The van der Waals surface area contributed by atoms with Gasteiger partial charge in [0.15, 0.2) is 0 Å². The second kappa shape index (κ2) is 4.34. The Balaban J connectivity index is 2.39. The molecule has 1 rings (SSSR count). The normalized spacial score (nSPS) is 10.5. The largest absolute Gasteiger partial charge is 0.284 e. The van der Waals surface area contributed by atoms with Gasteiger partial charge in [0.25, 0.3) is 5.76 Å². The first kappa shape index (κ1) is 8.53. The van der Waals surface area contributed by atoms with Crippen LogP contribution in [0.5, 0.6) is 0 Å². The lowest BCUT2D eigenvalue weighted by Crippen LogP contribution is -1.84. The quantitative estimate of drug-likeness (QED) is 0.678. The van der Waals surface area contributed by atoms with Gasteiger partial charge in [0.2, 0.25) is 0 Å². The fourth-order valence-corrected chi connectivity index (χ4v) is 1.24. The zero-order valence-electron chi connectivity index (χ0n) is 5.84. The molecule has 1 aromatic carbocycles. The van der Waals surface area contributed by atoms with Gasteiger partial charge >= 0.3 is 0 Å². The Labute approximate surface area is 68.6 Å². The first-order valence-electron chi connectivity index (χ1n) is 3.23. The molecule has 0 bridgehead atoms. The van der Waals surface area contributed by atoms with Crippen molar-refractivity contribution in [2.45, 2.75) is 11.5 Å². The SMILES string of the molecule is FC(F)SCc1ccccc1. The summed E-state index contributed by atoms with van der Waals surface area (Å²) in [5.41, 5.74) is 0.942. The van der Waals surface area contributed by atoms with Crippen LogP contribution >= 0.6 is 11.8 Å². The van der Waals surface area contributed by atoms with Gasteiger partial charge in [0.05, 0.1) is 0 Å². The molecule has 11 heavy (non-hydrogen) atoms. The van der Waals surface area contributed by atoms with Gasteiger partial charge in [-0.1, -0.05) is 42.1 Å². The van der Waals surface area contributed by atoms with Crippen molar-refractivity contribution < 1.29 is 8.78 Å². The standard InChI is InChI=1S/C8H8F2S/c9-8(10)11-6-7-4-2-1-3-5-7/h1-5,8H,6H2. The lowest BCUT2D eigenvalue weighted by molar-refractivity contribution is 0.252. The number of hydrogen-bond donors (Lipinski definition) is 0. The summed E-state index contributed by atoms with van der Waals surface area (Å²) in [6, 6.07) is 9.25. The molecule has 0 heterocycles. The lowest BCUT2D eigenvalue weighted by atomic mass is 10.2. The van der Waals surface area contributed by atoms with E-state index in [4.69, 9.17) is 0 Å². The van der Waals surface area contributed by atoms with Gasteiger partial charge in [-0.3, -0.25) is 0 Å². The van der Waals surface area contributed by atoms with Crippen LogP contribution in [-0.2, 0) is 5.75 Å². The van der Waals surface area contributed by atoms with Crippen LogP contribution in [0.4, 0.5) is 8.78 Å². The van der Waals surface area contributed by atoms with Crippen LogP contribution in [0.15, 0.2) is 30.3 Å². The van der Waals surface area contributed by atoms with Crippen LogP contribution in [0, 0.1) is 0 Å². The first-order valence-corrected chi connectivity index (χ1v) is 4.27. The Morgan fingerprint density at radius 2 is 1.82 bits per heavy atom. The maximum atomic E-state index is 11.7. The second-order valence-electron chi connectivity index (χ2n) is 2.06. The Kier molecular flexibility index (Phi) is 3.36. The van der Waals surface area contributed by atoms with Crippen molar-refractivity contribution in [2.24, 2.45) is 0 Å². The number of hydrogen-bond acceptors (Lipinski definition) is 1. The van der Waals surface area contributed by atoms with Crippen LogP contribution in [-0.4, -0.2) is 5.76 Å². The fraction of sp³-hybridized carbons (Fsp3) is 0.250. The number of halogens is 2. The zero-order chi connectivity index (χ0) is 8.10. The molecule has 0 aliphatic rings. The summed E-state index contributed by atoms with van der Waals surface area (Å²) in [4.78, 5) is 0. The molecule has 0 fully saturated rings. The number of thioether (sulfide) groups is 1. The minimum Gasteiger partial charge on any atom is -0.198 e. The summed E-state index contributed by atoms with van der Waals surface area (Å²) in [5.74, 6) is -1.88. The van der Waals surface area contributed by atoms with E-state index in [1.165, 1.54) is 0 Å². The molecule has 0 aromatic heterocycles. The molecular weight excluding hydrogens is 166 g/mol. The van der Waals surface area contributed by atoms with Crippen LogP contribution in [0.25, 0.3) is 0 Å². The summed E-state index contributed by atoms with van der Waals surface area (Å²) in [5, 5.41) is 0. The molecule has 0 saturated carbocycles. The molecule has 1 aromatic rings. The molecule has 60 valence electrons. The number of rotatable bonds is 3. The third-order valence-corrected chi connectivity index (χ3v) is 1.97. The molecule has 0 spiro atoms. The van der Waals surface area contributed by atoms with Crippen molar-refractivity contribution in [2.75, 3.05) is 0 Å². The van der Waals surface area contributed by atoms with E-state index >= 15 is 0 Å². The molecule has 0 aliphatic heterocycles. The van der Waals surface area contributed by atoms with E-state index in [2.05, 4.69) is 0 Å². The van der Waals surface area contributed by atoms with Crippen molar-refractivity contribution in [3.63, 3.8) is 0 Å². The van der Waals surface area contributed by atoms with Gasteiger partial charge in [-0.25, -0.2) is 0 Å². The predicted molar refractivity (Wildman–Crippen MR) is 43.7 cm³/mol. The topological polar surface area (TPSA) is 0 Å². The highest BCUT2D eigenvalue weighted by atomic mass is 32.2. The monoisotopic (exact) mass is 174 g/mol. The van der Waals surface area contributed by atoms with Gasteiger partial charge in [0.1, 0.15) is 0 Å². The maximum absolute atomic E-state index is 11.7. The molecule has 0 saturated heterocycles. The lowest BCUT2D eigenvalue weighted by Gasteiger charge is -1.98. The number of alkyl halides is 2. The van der Waals surface area contributed by atoms with Crippen molar-refractivity contribution in [1.29, 1.82) is 0 Å². The maximum Gasteiger partial charge on any atom is 0.284 e. The van der Waals surface area contributed by atoms with E-state index in [9.17, 15) is 8.78 Å². The Morgan fingerprint density at radius 3 is 2.36 bits per heavy atom. The third-order valence-electron chi connectivity index (χ3n) is 1.22. The van der Waals surface area contributed by atoms with E-state index < -0.39 is 5.76 Å². The zero-order valence-corrected chi connectivity index (χ0v) is 6.65. The predicted octanol–water partition coefficient (Wildman–Crippen LogP) is 3.14. The molecule has 0 unspecified atom stereocenters. The Hall–Kier alpha value is -0.570. The van der Waals surface area contributed by atoms with E-state index in [0.717, 1.165) is 5.56 Å². The van der Waals surface area contributed by atoms with Gasteiger partial charge in [-0.15, -0.1) is 0 Å². The Bertz CT molecular complexity index is 199. The highest BCUT2D eigenvalue weighted by molar-refractivity contribution is 7.98. The minimum absolute atomic E-state index is 0.387. The van der Waals surface area contributed by atoms with Crippen LogP contribution < -0.4 is 0 Å². The van der Waals surface area contributed by atoms with E-state index in [1.54, 1.807) is 0 Å². The summed E-state index contributed by atoms with van der Waals surface area (Å²) in [6.07, 6.45) is 0. The van der Waals surface area contributed by atoms with Crippen LogP contribution in [0.2, 0.25) is 0 Å². The molecule has 0 nitrogen and oxygen atoms in total.